The molecule has 4 nitrogen and oxygen atoms in total. The lowest BCUT2D eigenvalue weighted by molar-refractivity contribution is 0.412. The molecule has 2 rings (SSSR count). The van der Waals surface area contributed by atoms with E-state index >= 15 is 0 Å². The average molecular weight is 396 g/mol. The van der Waals surface area contributed by atoms with E-state index in [4.69, 9.17) is 4.99 Å². The molecule has 1 aromatic rings. The van der Waals surface area contributed by atoms with Gasteiger partial charge in [0, 0.05) is 39.8 Å². The van der Waals surface area contributed by atoms with Crippen LogP contribution in [0, 0.1) is 5.82 Å². The van der Waals surface area contributed by atoms with Gasteiger partial charge in [-0.2, -0.15) is 0 Å². The van der Waals surface area contributed by atoms with Crippen molar-refractivity contribution in [3.63, 3.8) is 0 Å². The number of hydrogen-bond donors (Lipinski definition) is 2. The highest BCUT2D eigenvalue weighted by atomic mass is 32.2. The first-order valence-electron chi connectivity index (χ1n) is 10.0. The molecular formula is C21H34FN3OS. The van der Waals surface area contributed by atoms with Gasteiger partial charge >= 0.3 is 0 Å². The Labute approximate surface area is 165 Å². The van der Waals surface area contributed by atoms with E-state index in [0.29, 0.717) is 12.1 Å². The summed E-state index contributed by atoms with van der Waals surface area (Å²) in [6.07, 6.45) is 4.13. The number of benzene rings is 1. The predicted molar refractivity (Wildman–Crippen MR) is 113 cm³/mol. The minimum Gasteiger partial charge on any atom is -0.357 e. The zero-order valence-corrected chi connectivity index (χ0v) is 17.9. The summed E-state index contributed by atoms with van der Waals surface area (Å²) in [5.74, 6) is 1.30. The summed E-state index contributed by atoms with van der Waals surface area (Å²) in [5, 5.41) is 7.09. The zero-order chi connectivity index (χ0) is 19.9. The van der Waals surface area contributed by atoms with E-state index in [-0.39, 0.29) is 17.1 Å². The molecule has 0 aliphatic heterocycles. The largest absolute Gasteiger partial charge is 0.357 e. The van der Waals surface area contributed by atoms with Crippen molar-refractivity contribution in [3.05, 3.63) is 35.6 Å². The van der Waals surface area contributed by atoms with Crippen LogP contribution >= 0.6 is 0 Å². The molecule has 0 amide bonds. The number of halogens is 1. The van der Waals surface area contributed by atoms with Crippen LogP contribution in [-0.4, -0.2) is 40.3 Å². The number of rotatable bonds is 7. The molecule has 3 unspecified atom stereocenters. The summed E-state index contributed by atoms with van der Waals surface area (Å²) in [6.45, 7) is 9.31. The van der Waals surface area contributed by atoms with Gasteiger partial charge in [-0.3, -0.25) is 9.20 Å². The van der Waals surface area contributed by atoms with E-state index in [2.05, 4.69) is 10.6 Å². The van der Waals surface area contributed by atoms with Gasteiger partial charge in [-0.1, -0.05) is 45.4 Å². The van der Waals surface area contributed by atoms with Gasteiger partial charge in [0.2, 0.25) is 0 Å². The molecule has 1 aromatic carbocycles. The molecule has 6 heteroatoms. The van der Waals surface area contributed by atoms with Crippen LogP contribution in [0.15, 0.2) is 29.3 Å². The normalized spacial score (nSPS) is 22.3. The van der Waals surface area contributed by atoms with E-state index in [9.17, 15) is 8.60 Å². The van der Waals surface area contributed by atoms with E-state index in [1.807, 2.05) is 39.8 Å². The molecule has 27 heavy (non-hydrogen) atoms. The van der Waals surface area contributed by atoms with Crippen molar-refractivity contribution in [3.8, 4) is 0 Å². The molecule has 1 aliphatic carbocycles. The van der Waals surface area contributed by atoms with Crippen LogP contribution in [0.25, 0.3) is 0 Å². The molecule has 152 valence electrons. The first-order valence-corrected chi connectivity index (χ1v) is 11.4. The van der Waals surface area contributed by atoms with Gasteiger partial charge in [-0.05, 0) is 37.8 Å². The maximum absolute atomic E-state index is 14.2. The highest BCUT2D eigenvalue weighted by Crippen LogP contribution is 2.26. The van der Waals surface area contributed by atoms with Crippen LogP contribution in [0.3, 0.4) is 0 Å². The van der Waals surface area contributed by atoms with E-state index in [0.717, 1.165) is 43.9 Å². The van der Waals surface area contributed by atoms with Crippen molar-refractivity contribution in [2.75, 3.05) is 18.8 Å². The second kappa shape index (κ2) is 10.2. The van der Waals surface area contributed by atoms with Crippen LogP contribution in [0.1, 0.15) is 58.9 Å². The second-order valence-electron chi connectivity index (χ2n) is 7.86. The van der Waals surface area contributed by atoms with E-state index in [1.165, 1.54) is 6.07 Å². The fourth-order valence-corrected chi connectivity index (χ4v) is 4.98. The summed E-state index contributed by atoms with van der Waals surface area (Å²) < 4.78 is 26.3. The van der Waals surface area contributed by atoms with Crippen molar-refractivity contribution < 1.29 is 8.60 Å². The van der Waals surface area contributed by atoms with Crippen molar-refractivity contribution in [2.24, 2.45) is 4.99 Å². The first-order chi connectivity index (χ1) is 12.9. The summed E-state index contributed by atoms with van der Waals surface area (Å²) >= 11 is 0. The third-order valence-corrected chi connectivity index (χ3v) is 6.94. The van der Waals surface area contributed by atoms with Crippen LogP contribution in [-0.2, 0) is 16.2 Å². The Morgan fingerprint density at radius 1 is 1.30 bits per heavy atom. The molecule has 0 heterocycles. The van der Waals surface area contributed by atoms with Gasteiger partial charge < -0.3 is 10.6 Å². The molecule has 0 aromatic heterocycles. The minimum atomic E-state index is -0.740. The quantitative estimate of drug-likeness (QED) is 0.546. The Bertz CT molecular complexity index is 663. The SMILES string of the molecule is CCNC(=NCC(C)(C)c1ccccc1F)NC1CCCC(S(=O)CC)C1. The first kappa shape index (κ1) is 21.9. The Morgan fingerprint density at radius 3 is 2.70 bits per heavy atom. The molecule has 0 radical (unpaired) electrons. The van der Waals surface area contributed by atoms with Gasteiger partial charge in [0.25, 0.3) is 0 Å². The number of guanidine groups is 1. The number of aliphatic imine (C=N–C) groups is 1. The van der Waals surface area contributed by atoms with Crippen LogP contribution in [0.4, 0.5) is 4.39 Å². The second-order valence-corrected chi connectivity index (χ2v) is 9.86. The number of nitrogens with one attached hydrogen (secondary N) is 2. The number of hydrogen-bond acceptors (Lipinski definition) is 2. The molecule has 1 aliphatic rings. The lowest BCUT2D eigenvalue weighted by Crippen LogP contribution is -2.47. The van der Waals surface area contributed by atoms with Gasteiger partial charge in [-0.15, -0.1) is 0 Å². The highest BCUT2D eigenvalue weighted by Gasteiger charge is 2.27. The predicted octanol–water partition coefficient (Wildman–Crippen LogP) is 3.74. The minimum absolute atomic E-state index is 0.187. The summed E-state index contributed by atoms with van der Waals surface area (Å²) in [5.41, 5.74) is 0.285. The molecule has 1 fully saturated rings. The molecular weight excluding hydrogens is 361 g/mol. The third kappa shape index (κ3) is 6.30. The Morgan fingerprint density at radius 2 is 2.04 bits per heavy atom. The van der Waals surface area contributed by atoms with Gasteiger partial charge in [0.15, 0.2) is 5.96 Å². The smallest absolute Gasteiger partial charge is 0.191 e. The summed E-state index contributed by atoms with van der Waals surface area (Å²) in [4.78, 5) is 4.74. The molecule has 1 saturated carbocycles. The monoisotopic (exact) mass is 395 g/mol. The molecule has 0 spiro atoms. The topological polar surface area (TPSA) is 53.5 Å². The zero-order valence-electron chi connectivity index (χ0n) is 17.1. The van der Waals surface area contributed by atoms with E-state index in [1.54, 1.807) is 6.07 Å². The Hall–Kier alpha value is -1.43. The van der Waals surface area contributed by atoms with Crippen LogP contribution in [0.2, 0.25) is 0 Å². The maximum atomic E-state index is 14.2. The van der Waals surface area contributed by atoms with Crippen molar-refractivity contribution >= 4 is 16.8 Å². The Balaban J connectivity index is 2.05. The van der Waals surface area contributed by atoms with Gasteiger partial charge in [0.1, 0.15) is 5.82 Å². The van der Waals surface area contributed by atoms with Gasteiger partial charge in [0.05, 0.1) is 6.54 Å². The molecule has 2 N–H and O–H groups in total. The molecule has 0 bridgehead atoms. The highest BCUT2D eigenvalue weighted by molar-refractivity contribution is 7.85. The third-order valence-electron chi connectivity index (χ3n) is 5.20. The van der Waals surface area contributed by atoms with Crippen molar-refractivity contribution in [2.45, 2.75) is 70.1 Å². The van der Waals surface area contributed by atoms with Gasteiger partial charge in [-0.25, -0.2) is 4.39 Å². The standard InChI is InChI=1S/C21H34FN3OS/c1-5-23-20(25-16-10-9-11-17(14-16)27(26)6-2)24-15-21(3,4)18-12-7-8-13-19(18)22/h7-8,12-13,16-17H,5-6,9-11,14-15H2,1-4H3,(H2,23,24,25). The lowest BCUT2D eigenvalue weighted by Gasteiger charge is -2.31. The Kier molecular flexibility index (Phi) is 8.27. The van der Waals surface area contributed by atoms with Crippen molar-refractivity contribution in [1.29, 1.82) is 0 Å². The van der Waals surface area contributed by atoms with E-state index < -0.39 is 16.2 Å². The average Bonchev–Trinajstić information content (AvgIpc) is 2.66. The lowest BCUT2D eigenvalue weighted by atomic mass is 9.84. The fourth-order valence-electron chi connectivity index (χ4n) is 3.64. The van der Waals surface area contributed by atoms with Crippen LogP contribution < -0.4 is 10.6 Å². The summed E-state index contributed by atoms with van der Waals surface area (Å²) in [7, 11) is -0.740. The molecule has 0 saturated heterocycles. The molecule has 3 atom stereocenters. The van der Waals surface area contributed by atoms with Crippen LogP contribution in [0.5, 0.6) is 0 Å². The fraction of sp³-hybridized carbons (Fsp3) is 0.667. The summed E-state index contributed by atoms with van der Waals surface area (Å²) in [6, 6.07) is 7.19. The number of nitrogens with zero attached hydrogens (tertiary/aromatic N) is 1. The van der Waals surface area contributed by atoms with Crippen molar-refractivity contribution in [1.82, 2.24) is 10.6 Å². The maximum Gasteiger partial charge on any atom is 0.191 e.